The minimum Gasteiger partial charge on any atom is -0.317 e. The largest absolute Gasteiger partial charge is 0.418 e. The van der Waals surface area contributed by atoms with E-state index < -0.39 is 17.4 Å². The average Bonchev–Trinajstić information content (AvgIpc) is 2.61. The maximum Gasteiger partial charge on any atom is 0.418 e. The van der Waals surface area contributed by atoms with Crippen LogP contribution in [0.15, 0.2) is 23.0 Å². The summed E-state index contributed by atoms with van der Waals surface area (Å²) in [5.74, 6) is 0. The van der Waals surface area contributed by atoms with Gasteiger partial charge in [-0.05, 0) is 44.5 Å². The van der Waals surface area contributed by atoms with Crippen LogP contribution in [0.1, 0.15) is 30.9 Å². The van der Waals surface area contributed by atoms with Gasteiger partial charge in [-0.15, -0.1) is 0 Å². The fourth-order valence-corrected chi connectivity index (χ4v) is 3.02. The minimum atomic E-state index is -4.47. The molecule has 1 aromatic heterocycles. The molecule has 7 heteroatoms. The SMILES string of the molecule is O=c1[nH]c2cccc(C(F)(F)F)c2n1C1CCCNCC1. The van der Waals surface area contributed by atoms with Crippen LogP contribution >= 0.6 is 0 Å². The van der Waals surface area contributed by atoms with Gasteiger partial charge in [0.15, 0.2) is 0 Å². The van der Waals surface area contributed by atoms with Gasteiger partial charge in [-0.3, -0.25) is 4.57 Å². The number of fused-ring (bicyclic) bond motifs is 1. The number of imidazole rings is 1. The van der Waals surface area contributed by atoms with E-state index in [-0.39, 0.29) is 17.1 Å². The molecular formula is C14H16F3N3O. The van der Waals surface area contributed by atoms with E-state index in [2.05, 4.69) is 10.3 Å². The van der Waals surface area contributed by atoms with Gasteiger partial charge in [-0.25, -0.2) is 4.79 Å². The first-order chi connectivity index (χ1) is 9.98. The van der Waals surface area contributed by atoms with Crippen molar-refractivity contribution in [2.75, 3.05) is 13.1 Å². The Kier molecular flexibility index (Phi) is 3.52. The molecule has 1 atom stereocenters. The summed E-state index contributed by atoms with van der Waals surface area (Å²) >= 11 is 0. The number of hydrogen-bond donors (Lipinski definition) is 2. The zero-order valence-corrected chi connectivity index (χ0v) is 11.3. The number of para-hydroxylation sites is 1. The Morgan fingerprint density at radius 3 is 2.76 bits per heavy atom. The number of alkyl halides is 3. The van der Waals surface area contributed by atoms with Crippen molar-refractivity contribution in [1.29, 1.82) is 0 Å². The van der Waals surface area contributed by atoms with E-state index >= 15 is 0 Å². The highest BCUT2D eigenvalue weighted by molar-refractivity contribution is 5.79. The van der Waals surface area contributed by atoms with Crippen LogP contribution in [-0.2, 0) is 6.18 Å². The highest BCUT2D eigenvalue weighted by atomic mass is 19.4. The molecule has 0 bridgehead atoms. The van der Waals surface area contributed by atoms with Crippen LogP contribution in [-0.4, -0.2) is 22.6 Å². The van der Waals surface area contributed by atoms with Crippen molar-refractivity contribution >= 4 is 11.0 Å². The third kappa shape index (κ3) is 2.57. The third-order valence-electron chi connectivity index (χ3n) is 3.95. The number of nitrogens with zero attached hydrogens (tertiary/aromatic N) is 1. The summed E-state index contributed by atoms with van der Waals surface area (Å²) in [5.41, 5.74) is -1.00. The Hall–Kier alpha value is -1.76. The zero-order chi connectivity index (χ0) is 15.0. The Balaban J connectivity index is 2.21. The van der Waals surface area contributed by atoms with Crippen LogP contribution in [0.3, 0.4) is 0 Å². The Bertz CT molecular complexity index is 694. The van der Waals surface area contributed by atoms with Crippen molar-refractivity contribution in [3.8, 4) is 0 Å². The van der Waals surface area contributed by atoms with Gasteiger partial charge in [0, 0.05) is 6.04 Å². The molecule has 0 saturated carbocycles. The number of rotatable bonds is 1. The summed E-state index contributed by atoms with van der Waals surface area (Å²) in [6.45, 7) is 1.54. The van der Waals surface area contributed by atoms with Gasteiger partial charge in [0.2, 0.25) is 0 Å². The topological polar surface area (TPSA) is 49.8 Å². The number of H-pyrrole nitrogens is 1. The van der Waals surface area contributed by atoms with Crippen molar-refractivity contribution in [2.45, 2.75) is 31.5 Å². The first-order valence-corrected chi connectivity index (χ1v) is 6.99. The lowest BCUT2D eigenvalue weighted by molar-refractivity contribution is -0.136. The number of aromatic amines is 1. The van der Waals surface area contributed by atoms with Crippen LogP contribution in [0.2, 0.25) is 0 Å². The molecule has 1 unspecified atom stereocenters. The summed E-state index contributed by atoms with van der Waals surface area (Å²) in [6, 6.07) is 3.66. The molecule has 4 nitrogen and oxygen atoms in total. The standard InChI is InChI=1S/C14H16F3N3O/c15-14(16,17)10-4-1-5-11-12(10)20(13(21)19-11)9-3-2-7-18-8-6-9/h1,4-5,9,18H,2-3,6-8H2,(H,19,21). The first-order valence-electron chi connectivity index (χ1n) is 6.99. The molecule has 1 aliphatic rings. The minimum absolute atomic E-state index is 0.0260. The molecule has 1 aliphatic heterocycles. The van der Waals surface area contributed by atoms with Crippen LogP contribution in [0, 0.1) is 0 Å². The van der Waals surface area contributed by atoms with Crippen molar-refractivity contribution in [2.24, 2.45) is 0 Å². The molecule has 2 heterocycles. The molecule has 1 saturated heterocycles. The molecule has 0 spiro atoms. The van der Waals surface area contributed by atoms with E-state index in [0.717, 1.165) is 19.0 Å². The van der Waals surface area contributed by atoms with E-state index in [9.17, 15) is 18.0 Å². The summed E-state index contributed by atoms with van der Waals surface area (Å²) < 4.78 is 40.9. The lowest BCUT2D eigenvalue weighted by atomic mass is 10.1. The Morgan fingerprint density at radius 2 is 2.00 bits per heavy atom. The van der Waals surface area contributed by atoms with Crippen LogP contribution in [0.5, 0.6) is 0 Å². The summed E-state index contributed by atoms with van der Waals surface area (Å²) in [5, 5.41) is 3.20. The van der Waals surface area contributed by atoms with Gasteiger partial charge >= 0.3 is 11.9 Å². The number of nitrogens with one attached hydrogen (secondary N) is 2. The number of halogens is 3. The highest BCUT2D eigenvalue weighted by Crippen LogP contribution is 2.35. The normalized spacial score (nSPS) is 20.6. The summed E-state index contributed by atoms with van der Waals surface area (Å²) in [6.07, 6.45) is -2.28. The Labute approximate surface area is 119 Å². The quantitative estimate of drug-likeness (QED) is 0.850. The van der Waals surface area contributed by atoms with E-state index in [1.807, 2.05) is 0 Å². The van der Waals surface area contributed by atoms with Crippen molar-refractivity contribution in [1.82, 2.24) is 14.9 Å². The van der Waals surface area contributed by atoms with Gasteiger partial charge in [0.05, 0.1) is 16.6 Å². The van der Waals surface area contributed by atoms with E-state index in [1.54, 1.807) is 0 Å². The molecule has 1 aromatic carbocycles. The van der Waals surface area contributed by atoms with E-state index in [4.69, 9.17) is 0 Å². The van der Waals surface area contributed by atoms with E-state index in [0.29, 0.717) is 19.4 Å². The highest BCUT2D eigenvalue weighted by Gasteiger charge is 2.35. The molecule has 1 fully saturated rings. The van der Waals surface area contributed by atoms with Crippen molar-refractivity contribution in [3.63, 3.8) is 0 Å². The second-order valence-electron chi connectivity index (χ2n) is 5.33. The van der Waals surface area contributed by atoms with Gasteiger partial charge in [0.1, 0.15) is 0 Å². The molecule has 0 radical (unpaired) electrons. The maximum atomic E-state index is 13.2. The lowest BCUT2D eigenvalue weighted by Gasteiger charge is -2.18. The predicted octanol–water partition coefficient (Wildman–Crippen LogP) is 2.66. The third-order valence-corrected chi connectivity index (χ3v) is 3.95. The van der Waals surface area contributed by atoms with Gasteiger partial charge in [-0.2, -0.15) is 13.2 Å². The van der Waals surface area contributed by atoms with Gasteiger partial charge in [-0.1, -0.05) is 6.07 Å². The molecule has 2 N–H and O–H groups in total. The Morgan fingerprint density at radius 1 is 1.19 bits per heavy atom. The molecule has 0 aliphatic carbocycles. The molecule has 0 amide bonds. The number of hydrogen-bond acceptors (Lipinski definition) is 2. The van der Waals surface area contributed by atoms with Crippen LogP contribution < -0.4 is 11.0 Å². The smallest absolute Gasteiger partial charge is 0.317 e. The van der Waals surface area contributed by atoms with Crippen molar-refractivity contribution in [3.05, 3.63) is 34.2 Å². The fourth-order valence-electron chi connectivity index (χ4n) is 3.02. The fraction of sp³-hybridized carbons (Fsp3) is 0.500. The zero-order valence-electron chi connectivity index (χ0n) is 11.3. The number of benzene rings is 1. The van der Waals surface area contributed by atoms with E-state index in [1.165, 1.54) is 16.7 Å². The molecule has 114 valence electrons. The van der Waals surface area contributed by atoms with Gasteiger partial charge < -0.3 is 10.3 Å². The van der Waals surface area contributed by atoms with Crippen LogP contribution in [0.25, 0.3) is 11.0 Å². The number of aromatic nitrogens is 2. The predicted molar refractivity (Wildman–Crippen MR) is 73.3 cm³/mol. The van der Waals surface area contributed by atoms with Gasteiger partial charge in [0.25, 0.3) is 0 Å². The second kappa shape index (κ2) is 5.22. The van der Waals surface area contributed by atoms with Crippen molar-refractivity contribution < 1.29 is 13.2 Å². The molecule has 3 rings (SSSR count). The van der Waals surface area contributed by atoms with Crippen LogP contribution in [0.4, 0.5) is 13.2 Å². The molecular weight excluding hydrogens is 283 g/mol. The average molecular weight is 299 g/mol. The maximum absolute atomic E-state index is 13.2. The summed E-state index contributed by atoms with van der Waals surface area (Å²) in [7, 11) is 0. The summed E-state index contributed by atoms with van der Waals surface area (Å²) in [4.78, 5) is 14.7. The second-order valence-corrected chi connectivity index (χ2v) is 5.33. The molecule has 2 aromatic rings. The molecule has 21 heavy (non-hydrogen) atoms. The monoisotopic (exact) mass is 299 g/mol. The first kappa shape index (κ1) is 14.2. The lowest BCUT2D eigenvalue weighted by Crippen LogP contribution is -2.24.